The van der Waals surface area contributed by atoms with E-state index in [1.165, 1.54) is 6.92 Å². The molecule has 2 rings (SSSR count). The Labute approximate surface area is 92.9 Å². The van der Waals surface area contributed by atoms with Crippen LogP contribution in [-0.2, 0) is 11.2 Å². The van der Waals surface area contributed by atoms with E-state index in [9.17, 15) is 9.59 Å². The molecule has 4 nitrogen and oxygen atoms in total. The maximum Gasteiger partial charge on any atom is 0.242 e. The van der Waals surface area contributed by atoms with E-state index in [-0.39, 0.29) is 11.7 Å². The van der Waals surface area contributed by atoms with Gasteiger partial charge in [0, 0.05) is 18.9 Å². The van der Waals surface area contributed by atoms with Crippen LogP contribution in [0, 0.1) is 0 Å². The van der Waals surface area contributed by atoms with Gasteiger partial charge >= 0.3 is 0 Å². The molecule has 0 heterocycles. The summed E-state index contributed by atoms with van der Waals surface area (Å²) in [5.41, 5.74) is 1.79. The van der Waals surface area contributed by atoms with E-state index in [0.29, 0.717) is 23.4 Å². The van der Waals surface area contributed by atoms with Gasteiger partial charge in [-0.2, -0.15) is 0 Å². The zero-order chi connectivity index (χ0) is 11.7. The van der Waals surface area contributed by atoms with Crippen LogP contribution in [0.25, 0.3) is 0 Å². The second-order valence-corrected chi connectivity index (χ2v) is 3.61. The van der Waals surface area contributed by atoms with Crippen LogP contribution in [-0.4, -0.2) is 24.5 Å². The molecule has 0 bridgehead atoms. The van der Waals surface area contributed by atoms with Crippen LogP contribution >= 0.6 is 0 Å². The Balaban J connectivity index is 2.43. The molecule has 0 saturated heterocycles. The normalized spacial score (nSPS) is 16.4. The van der Waals surface area contributed by atoms with Crippen LogP contribution in [0.1, 0.15) is 22.8 Å². The van der Waals surface area contributed by atoms with Crippen molar-refractivity contribution in [2.24, 2.45) is 4.99 Å². The molecule has 16 heavy (non-hydrogen) atoms. The number of benzene rings is 1. The van der Waals surface area contributed by atoms with Gasteiger partial charge in [0.05, 0.1) is 12.8 Å². The van der Waals surface area contributed by atoms with E-state index in [0.717, 1.165) is 5.56 Å². The van der Waals surface area contributed by atoms with Crippen molar-refractivity contribution in [3.63, 3.8) is 0 Å². The number of hydrogen-bond donors (Lipinski definition) is 0. The van der Waals surface area contributed by atoms with Crippen molar-refractivity contribution in [3.05, 3.63) is 29.3 Å². The lowest BCUT2D eigenvalue weighted by atomic mass is 10.1. The summed E-state index contributed by atoms with van der Waals surface area (Å²) in [4.78, 5) is 26.4. The van der Waals surface area contributed by atoms with E-state index in [2.05, 4.69) is 4.99 Å². The molecule has 0 spiro atoms. The molecule has 82 valence electrons. The summed E-state index contributed by atoms with van der Waals surface area (Å²) in [7, 11) is 1.55. The molecule has 1 amide bonds. The fourth-order valence-electron chi connectivity index (χ4n) is 1.74. The molecule has 0 fully saturated rings. The Morgan fingerprint density at radius 3 is 2.81 bits per heavy atom. The number of hydrogen-bond acceptors (Lipinski definition) is 3. The number of amides is 1. The summed E-state index contributed by atoms with van der Waals surface area (Å²) in [6.45, 7) is 1.34. The number of methoxy groups -OCH3 is 1. The van der Waals surface area contributed by atoms with Gasteiger partial charge in [-0.25, -0.2) is 4.99 Å². The number of aliphatic imine (C=N–C) groups is 1. The van der Waals surface area contributed by atoms with Crippen molar-refractivity contribution < 1.29 is 14.3 Å². The summed E-state index contributed by atoms with van der Waals surface area (Å²) in [5, 5.41) is 0. The van der Waals surface area contributed by atoms with Crippen LogP contribution in [0.2, 0.25) is 0 Å². The molecule has 0 aromatic heterocycles. The number of carbonyl (C=O) groups excluding carboxylic acids is 2. The highest BCUT2D eigenvalue weighted by Crippen LogP contribution is 2.24. The van der Waals surface area contributed by atoms with Crippen molar-refractivity contribution in [2.45, 2.75) is 13.3 Å². The summed E-state index contributed by atoms with van der Waals surface area (Å²) >= 11 is 0. The smallest absolute Gasteiger partial charge is 0.242 e. The molecule has 0 unspecified atom stereocenters. The highest BCUT2D eigenvalue weighted by Gasteiger charge is 2.27. The van der Waals surface area contributed by atoms with Crippen molar-refractivity contribution in [1.29, 1.82) is 0 Å². The van der Waals surface area contributed by atoms with Crippen LogP contribution in [0.5, 0.6) is 5.75 Å². The number of Topliss-reactive ketones (excluding diaryl/α,β-unsaturated/α-hetero) is 1. The lowest BCUT2D eigenvalue weighted by Crippen LogP contribution is -2.09. The third-order valence-corrected chi connectivity index (χ3v) is 2.47. The second kappa shape index (κ2) is 3.89. The molecule has 1 aromatic carbocycles. The van der Waals surface area contributed by atoms with Gasteiger partial charge in [0.25, 0.3) is 0 Å². The van der Waals surface area contributed by atoms with Gasteiger partial charge in [0.1, 0.15) is 5.75 Å². The van der Waals surface area contributed by atoms with Crippen LogP contribution in [0.4, 0.5) is 0 Å². The minimum Gasteiger partial charge on any atom is -0.497 e. The Morgan fingerprint density at radius 1 is 1.44 bits per heavy atom. The first kappa shape index (κ1) is 10.5. The second-order valence-electron chi connectivity index (χ2n) is 3.61. The maximum atomic E-state index is 11.9. The molecule has 0 N–H and O–H groups in total. The third kappa shape index (κ3) is 1.74. The van der Waals surface area contributed by atoms with Gasteiger partial charge in [0.15, 0.2) is 0 Å². The number of fused-ring (bicyclic) bond motifs is 1. The first-order valence-electron chi connectivity index (χ1n) is 4.91. The molecule has 1 aromatic rings. The number of carbonyl (C=O) groups is 2. The highest BCUT2D eigenvalue weighted by molar-refractivity contribution is 6.50. The fourth-order valence-corrected chi connectivity index (χ4v) is 1.74. The monoisotopic (exact) mass is 217 g/mol. The predicted molar refractivity (Wildman–Crippen MR) is 59.1 cm³/mol. The van der Waals surface area contributed by atoms with Gasteiger partial charge in [0.2, 0.25) is 11.7 Å². The number of nitrogens with zero attached hydrogens (tertiary/aromatic N) is 1. The maximum absolute atomic E-state index is 11.9. The first-order chi connectivity index (χ1) is 7.61. The minimum atomic E-state index is -0.344. The lowest BCUT2D eigenvalue weighted by Gasteiger charge is -2.00. The molecule has 1 aliphatic rings. The molecular formula is C12H11NO3. The van der Waals surface area contributed by atoms with Crippen molar-refractivity contribution in [2.75, 3.05) is 7.11 Å². The summed E-state index contributed by atoms with van der Waals surface area (Å²) in [6.07, 6.45) is 0.428. The first-order valence-corrected chi connectivity index (χ1v) is 4.91. The van der Waals surface area contributed by atoms with Gasteiger partial charge in [-0.1, -0.05) is 6.07 Å². The summed E-state index contributed by atoms with van der Waals surface area (Å²) in [6, 6.07) is 5.30. The number of rotatable bonds is 1. The van der Waals surface area contributed by atoms with E-state index in [4.69, 9.17) is 4.74 Å². The van der Waals surface area contributed by atoms with E-state index in [1.807, 2.05) is 6.07 Å². The Hall–Kier alpha value is -1.97. The van der Waals surface area contributed by atoms with Gasteiger partial charge in [-0.05, 0) is 17.7 Å². The fraction of sp³-hybridized carbons (Fsp3) is 0.250. The topological polar surface area (TPSA) is 55.7 Å². The predicted octanol–water partition coefficient (Wildman–Crippen LogP) is 1.42. The Bertz CT molecular complexity index is 503. The average molecular weight is 217 g/mol. The van der Waals surface area contributed by atoms with Gasteiger partial charge < -0.3 is 4.74 Å². The molecule has 0 aliphatic heterocycles. The molecule has 0 atom stereocenters. The van der Waals surface area contributed by atoms with Crippen LogP contribution in [0.15, 0.2) is 23.2 Å². The van der Waals surface area contributed by atoms with Crippen LogP contribution < -0.4 is 4.74 Å². The van der Waals surface area contributed by atoms with Crippen molar-refractivity contribution in [1.82, 2.24) is 0 Å². The SMILES string of the molecule is COc1ccc2c(c1)C(=O)/C(=N/C(C)=O)C2. The molecule has 0 radical (unpaired) electrons. The minimum absolute atomic E-state index is 0.177. The zero-order valence-corrected chi connectivity index (χ0v) is 9.11. The Kier molecular flexibility index (Phi) is 2.56. The quantitative estimate of drug-likeness (QED) is 0.714. The zero-order valence-electron chi connectivity index (χ0n) is 9.11. The molecule has 1 aliphatic carbocycles. The summed E-state index contributed by atoms with van der Waals surface area (Å²) < 4.78 is 5.05. The standard InChI is InChI=1S/C12H11NO3/c1-7(14)13-11-5-8-3-4-9(16-2)6-10(8)12(11)15/h3-4,6H,5H2,1-2H3/b13-11+. The van der Waals surface area contributed by atoms with Crippen molar-refractivity contribution >= 4 is 17.4 Å². The highest BCUT2D eigenvalue weighted by atomic mass is 16.5. The van der Waals surface area contributed by atoms with Gasteiger partial charge in [-0.15, -0.1) is 0 Å². The van der Waals surface area contributed by atoms with E-state index in [1.54, 1.807) is 19.2 Å². The number of ketones is 1. The number of ether oxygens (including phenoxy) is 1. The van der Waals surface area contributed by atoms with E-state index < -0.39 is 0 Å². The lowest BCUT2D eigenvalue weighted by molar-refractivity contribution is -0.115. The van der Waals surface area contributed by atoms with Crippen LogP contribution in [0.3, 0.4) is 0 Å². The van der Waals surface area contributed by atoms with Crippen molar-refractivity contribution in [3.8, 4) is 5.75 Å². The van der Waals surface area contributed by atoms with Gasteiger partial charge in [-0.3, -0.25) is 9.59 Å². The summed E-state index contributed by atoms with van der Waals surface area (Å²) in [5.74, 6) is 0.114. The average Bonchev–Trinajstić information content (AvgIpc) is 2.55. The molecule has 4 heteroatoms. The largest absolute Gasteiger partial charge is 0.497 e. The van der Waals surface area contributed by atoms with E-state index >= 15 is 0 Å². The molecule has 0 saturated carbocycles. The molecular weight excluding hydrogens is 206 g/mol. The Morgan fingerprint density at radius 2 is 2.19 bits per heavy atom. The third-order valence-electron chi connectivity index (χ3n) is 2.47.